The molecule has 120 valence electrons. The largest absolute Gasteiger partial charge is 0.482 e. The molecule has 0 fully saturated rings. The van der Waals surface area contributed by atoms with Crippen molar-refractivity contribution in [1.82, 2.24) is 4.98 Å². The summed E-state index contributed by atoms with van der Waals surface area (Å²) in [6.45, 7) is -0.733. The molecular formula is C15H12BrClN2O4. The summed E-state index contributed by atoms with van der Waals surface area (Å²) in [6.07, 6.45) is 1.50. The topological polar surface area (TPSA) is 77.5 Å². The number of nitrogens with zero attached hydrogens (tertiary/aromatic N) is 1. The quantitative estimate of drug-likeness (QED) is 0.597. The third-order valence-corrected chi connectivity index (χ3v) is 3.34. The molecule has 0 saturated heterocycles. The smallest absolute Gasteiger partial charge is 0.344 e. The first-order valence-corrected chi connectivity index (χ1v) is 7.66. The normalized spacial score (nSPS) is 10.0. The van der Waals surface area contributed by atoms with Gasteiger partial charge in [-0.05, 0) is 30.3 Å². The van der Waals surface area contributed by atoms with Crippen LogP contribution in [0.2, 0.25) is 5.15 Å². The number of esters is 1. The van der Waals surface area contributed by atoms with Gasteiger partial charge in [0.05, 0.1) is 5.69 Å². The van der Waals surface area contributed by atoms with Gasteiger partial charge in [0.15, 0.2) is 18.4 Å². The standard InChI is InChI=1S/C15H12BrClN2O4/c16-10-3-1-4-11(7-10)22-9-14(21)23-8-13(20)19-12-5-2-6-18-15(12)17/h1-7H,8-9H2,(H,19,20). The minimum atomic E-state index is -0.655. The van der Waals surface area contributed by atoms with Crippen molar-refractivity contribution < 1.29 is 19.1 Å². The summed E-state index contributed by atoms with van der Waals surface area (Å²) in [6, 6.07) is 10.2. The summed E-state index contributed by atoms with van der Waals surface area (Å²) in [7, 11) is 0. The number of hydrogen-bond acceptors (Lipinski definition) is 5. The van der Waals surface area contributed by atoms with E-state index in [0.29, 0.717) is 11.4 Å². The van der Waals surface area contributed by atoms with E-state index in [0.717, 1.165) is 4.47 Å². The van der Waals surface area contributed by atoms with Crippen molar-refractivity contribution in [3.05, 3.63) is 52.2 Å². The molecule has 6 nitrogen and oxygen atoms in total. The molecule has 0 atom stereocenters. The molecule has 1 amide bonds. The fraction of sp³-hybridized carbons (Fsp3) is 0.133. The van der Waals surface area contributed by atoms with Gasteiger partial charge in [0.2, 0.25) is 0 Å². The number of nitrogens with one attached hydrogen (secondary N) is 1. The van der Waals surface area contributed by atoms with E-state index in [1.165, 1.54) is 6.20 Å². The van der Waals surface area contributed by atoms with Crippen LogP contribution >= 0.6 is 27.5 Å². The molecule has 1 aromatic heterocycles. The Bertz CT molecular complexity index is 711. The number of ether oxygens (including phenoxy) is 2. The van der Waals surface area contributed by atoms with Crippen LogP contribution in [-0.4, -0.2) is 30.1 Å². The third-order valence-electron chi connectivity index (χ3n) is 2.55. The Morgan fingerprint density at radius 3 is 2.78 bits per heavy atom. The van der Waals surface area contributed by atoms with Gasteiger partial charge >= 0.3 is 5.97 Å². The van der Waals surface area contributed by atoms with Crippen LogP contribution in [0.5, 0.6) is 5.75 Å². The Morgan fingerprint density at radius 1 is 1.22 bits per heavy atom. The van der Waals surface area contributed by atoms with Gasteiger partial charge in [-0.15, -0.1) is 0 Å². The molecule has 0 spiro atoms. The molecule has 2 aromatic rings. The number of carbonyl (C=O) groups is 2. The Balaban J connectivity index is 1.74. The highest BCUT2D eigenvalue weighted by Gasteiger charge is 2.10. The average Bonchev–Trinajstić information content (AvgIpc) is 2.53. The van der Waals surface area contributed by atoms with Gasteiger partial charge in [0.1, 0.15) is 5.75 Å². The van der Waals surface area contributed by atoms with E-state index in [-0.39, 0.29) is 11.8 Å². The van der Waals surface area contributed by atoms with Crippen molar-refractivity contribution in [2.45, 2.75) is 0 Å². The van der Waals surface area contributed by atoms with E-state index in [1.807, 2.05) is 6.07 Å². The lowest BCUT2D eigenvalue weighted by Gasteiger charge is -2.08. The number of benzene rings is 1. The lowest BCUT2D eigenvalue weighted by molar-refractivity contribution is -0.149. The van der Waals surface area contributed by atoms with E-state index in [9.17, 15) is 9.59 Å². The molecule has 0 aliphatic rings. The fourth-order valence-electron chi connectivity index (χ4n) is 1.55. The van der Waals surface area contributed by atoms with E-state index >= 15 is 0 Å². The number of aromatic nitrogens is 1. The molecule has 0 unspecified atom stereocenters. The molecule has 0 aliphatic carbocycles. The molecule has 23 heavy (non-hydrogen) atoms. The Kier molecular flexibility index (Phi) is 6.37. The zero-order valence-electron chi connectivity index (χ0n) is 11.8. The Labute approximate surface area is 145 Å². The van der Waals surface area contributed by atoms with Crippen molar-refractivity contribution in [2.24, 2.45) is 0 Å². The molecule has 1 aromatic carbocycles. The predicted molar refractivity (Wildman–Crippen MR) is 88.5 cm³/mol. The molecule has 0 bridgehead atoms. The maximum atomic E-state index is 11.7. The maximum absolute atomic E-state index is 11.7. The van der Waals surface area contributed by atoms with Crippen molar-refractivity contribution >= 4 is 45.1 Å². The molecular weight excluding hydrogens is 388 g/mol. The van der Waals surface area contributed by atoms with Crippen LogP contribution in [0.25, 0.3) is 0 Å². The Hall–Kier alpha value is -2.12. The summed E-state index contributed by atoms with van der Waals surface area (Å²) in [5.41, 5.74) is 0.348. The van der Waals surface area contributed by atoms with Crippen LogP contribution in [0.3, 0.4) is 0 Å². The van der Waals surface area contributed by atoms with Crippen LogP contribution in [0.15, 0.2) is 47.1 Å². The monoisotopic (exact) mass is 398 g/mol. The van der Waals surface area contributed by atoms with E-state index in [1.54, 1.807) is 30.3 Å². The molecule has 2 rings (SSSR count). The van der Waals surface area contributed by atoms with Crippen LogP contribution in [0.1, 0.15) is 0 Å². The second-order valence-electron chi connectivity index (χ2n) is 4.30. The highest BCUT2D eigenvalue weighted by atomic mass is 79.9. The van der Waals surface area contributed by atoms with Gasteiger partial charge in [-0.25, -0.2) is 9.78 Å². The number of amides is 1. The molecule has 8 heteroatoms. The van der Waals surface area contributed by atoms with Crippen molar-refractivity contribution in [1.29, 1.82) is 0 Å². The number of carbonyl (C=O) groups excluding carboxylic acids is 2. The number of hydrogen-bond donors (Lipinski definition) is 1. The van der Waals surface area contributed by atoms with E-state index in [2.05, 4.69) is 26.2 Å². The van der Waals surface area contributed by atoms with Gasteiger partial charge in [-0.2, -0.15) is 0 Å². The van der Waals surface area contributed by atoms with Gasteiger partial charge in [0.25, 0.3) is 5.91 Å². The van der Waals surface area contributed by atoms with E-state index < -0.39 is 18.5 Å². The first-order chi connectivity index (χ1) is 11.0. The lowest BCUT2D eigenvalue weighted by Crippen LogP contribution is -2.23. The van der Waals surface area contributed by atoms with Crippen LogP contribution < -0.4 is 10.1 Å². The summed E-state index contributed by atoms with van der Waals surface area (Å²) in [5, 5.41) is 2.65. The highest BCUT2D eigenvalue weighted by Crippen LogP contribution is 2.18. The molecule has 0 radical (unpaired) electrons. The number of halogens is 2. The highest BCUT2D eigenvalue weighted by molar-refractivity contribution is 9.10. The minimum Gasteiger partial charge on any atom is -0.482 e. The van der Waals surface area contributed by atoms with Crippen molar-refractivity contribution in [2.75, 3.05) is 18.5 Å². The lowest BCUT2D eigenvalue weighted by atomic mass is 10.3. The third kappa shape index (κ3) is 5.88. The summed E-state index contributed by atoms with van der Waals surface area (Å²) >= 11 is 9.10. The second kappa shape index (κ2) is 8.50. The molecule has 0 aliphatic heterocycles. The maximum Gasteiger partial charge on any atom is 0.344 e. The van der Waals surface area contributed by atoms with Gasteiger partial charge in [0, 0.05) is 10.7 Å². The van der Waals surface area contributed by atoms with Crippen LogP contribution in [0, 0.1) is 0 Å². The van der Waals surface area contributed by atoms with Crippen LogP contribution in [-0.2, 0) is 14.3 Å². The molecule has 1 N–H and O–H groups in total. The average molecular weight is 400 g/mol. The Morgan fingerprint density at radius 2 is 2.04 bits per heavy atom. The predicted octanol–water partition coefficient (Wildman–Crippen LogP) is 3.06. The van der Waals surface area contributed by atoms with Crippen molar-refractivity contribution in [3.63, 3.8) is 0 Å². The van der Waals surface area contributed by atoms with Gasteiger partial charge in [-0.3, -0.25) is 4.79 Å². The first-order valence-electron chi connectivity index (χ1n) is 6.49. The first kappa shape index (κ1) is 17.2. The van der Waals surface area contributed by atoms with Crippen molar-refractivity contribution in [3.8, 4) is 5.75 Å². The van der Waals surface area contributed by atoms with Crippen LogP contribution in [0.4, 0.5) is 5.69 Å². The second-order valence-corrected chi connectivity index (χ2v) is 5.57. The molecule has 0 saturated carbocycles. The summed E-state index contributed by atoms with van der Waals surface area (Å²) in [5.74, 6) is -0.656. The minimum absolute atomic E-state index is 0.158. The van der Waals surface area contributed by atoms with E-state index in [4.69, 9.17) is 21.1 Å². The van der Waals surface area contributed by atoms with Gasteiger partial charge in [-0.1, -0.05) is 33.6 Å². The molecule has 1 heterocycles. The number of anilines is 1. The number of pyridine rings is 1. The summed E-state index contributed by atoms with van der Waals surface area (Å²) < 4.78 is 10.9. The van der Waals surface area contributed by atoms with Gasteiger partial charge < -0.3 is 14.8 Å². The zero-order valence-corrected chi connectivity index (χ0v) is 14.1. The number of rotatable bonds is 6. The fourth-order valence-corrected chi connectivity index (χ4v) is 2.10. The zero-order chi connectivity index (χ0) is 16.7. The summed E-state index contributed by atoms with van der Waals surface area (Å²) in [4.78, 5) is 27.0. The SMILES string of the molecule is O=C(COC(=O)COc1cccc(Br)c1)Nc1cccnc1Cl.